The highest BCUT2D eigenvalue weighted by molar-refractivity contribution is 6.82. The zero-order chi connectivity index (χ0) is 24.3. The van der Waals surface area contributed by atoms with E-state index in [0.29, 0.717) is 17.5 Å². The minimum Gasteiger partial charge on any atom is -0.423 e. The molecule has 0 bridgehead atoms. The molecule has 4 aromatic rings. The first-order valence-corrected chi connectivity index (χ1v) is 12.2. The van der Waals surface area contributed by atoms with Crippen LogP contribution >= 0.6 is 0 Å². The summed E-state index contributed by atoms with van der Waals surface area (Å²) in [5, 5.41) is 1.07. The van der Waals surface area contributed by atoms with Crippen molar-refractivity contribution in [2.75, 3.05) is 11.9 Å². The summed E-state index contributed by atoms with van der Waals surface area (Å²) < 4.78 is 11.0. The van der Waals surface area contributed by atoms with Gasteiger partial charge in [-0.2, -0.15) is 0 Å². The zero-order valence-electron chi connectivity index (χ0n) is 21.5. The number of anilines is 1. The lowest BCUT2D eigenvalue weighted by atomic mass is 9.51. The van der Waals surface area contributed by atoms with Gasteiger partial charge in [0.25, 0.3) is 0 Å². The van der Waals surface area contributed by atoms with Gasteiger partial charge in [0.05, 0.1) is 7.05 Å². The number of hydrogen-bond donors (Lipinski definition) is 0. The van der Waals surface area contributed by atoms with Crippen LogP contribution in [0.4, 0.5) is 5.88 Å². The van der Waals surface area contributed by atoms with Gasteiger partial charge in [-0.25, -0.2) is 14.1 Å². The van der Waals surface area contributed by atoms with Gasteiger partial charge in [-0.15, -0.1) is 0 Å². The number of benzene rings is 1. The standard InChI is InChI=1S/C28H34BN4O/c1-17(2)21-10-9-11-22(18(3)4)25(21)33-15-14-31(7)28(33)29-19(5)16-24-23-13-12-20(6)30-26(23)34-27(24)32(29)8/h9-18H,1-8H3/q+1. The van der Waals surface area contributed by atoms with Crippen LogP contribution < -0.4 is 15.1 Å². The third-order valence-corrected chi connectivity index (χ3v) is 7.10. The topological polar surface area (TPSA) is 38.1 Å². The van der Waals surface area contributed by atoms with Crippen LogP contribution in [0.2, 0.25) is 0 Å². The summed E-state index contributed by atoms with van der Waals surface area (Å²) in [5.41, 5.74) is 9.31. The molecule has 1 aliphatic rings. The number of allylic oxidation sites excluding steroid dienone is 1. The molecular weight excluding hydrogens is 419 g/mol. The molecule has 0 spiro atoms. The number of imidazole rings is 1. The van der Waals surface area contributed by atoms with Crippen molar-refractivity contribution in [1.29, 1.82) is 0 Å². The van der Waals surface area contributed by atoms with E-state index in [9.17, 15) is 0 Å². The Balaban J connectivity index is 1.72. The maximum atomic E-state index is 6.32. The molecule has 1 aromatic carbocycles. The van der Waals surface area contributed by atoms with Crippen molar-refractivity contribution in [2.24, 2.45) is 7.05 Å². The first-order valence-electron chi connectivity index (χ1n) is 12.2. The van der Waals surface area contributed by atoms with Crippen molar-refractivity contribution in [3.8, 4) is 5.69 Å². The Morgan fingerprint density at radius 3 is 2.32 bits per heavy atom. The predicted molar refractivity (Wildman–Crippen MR) is 141 cm³/mol. The Kier molecular flexibility index (Phi) is 5.42. The van der Waals surface area contributed by atoms with Gasteiger partial charge in [0.15, 0.2) is 5.88 Å². The molecule has 174 valence electrons. The summed E-state index contributed by atoms with van der Waals surface area (Å²) in [5.74, 6) is 1.72. The van der Waals surface area contributed by atoms with Crippen LogP contribution in [0.25, 0.3) is 22.9 Å². The highest BCUT2D eigenvalue weighted by Crippen LogP contribution is 2.38. The minimum absolute atomic E-state index is 0.0365. The van der Waals surface area contributed by atoms with Crippen LogP contribution in [0, 0.1) is 6.92 Å². The van der Waals surface area contributed by atoms with Gasteiger partial charge in [-0.1, -0.05) is 57.4 Å². The molecule has 0 saturated carbocycles. The van der Waals surface area contributed by atoms with Crippen LogP contribution in [0.1, 0.15) is 68.8 Å². The molecule has 5 rings (SSSR count). The summed E-state index contributed by atoms with van der Waals surface area (Å²) in [6.45, 7) is 13.4. The normalized spacial score (nSPS) is 13.9. The van der Waals surface area contributed by atoms with E-state index < -0.39 is 0 Å². The Morgan fingerprint density at radius 2 is 1.68 bits per heavy atom. The van der Waals surface area contributed by atoms with Crippen LogP contribution in [-0.4, -0.2) is 23.4 Å². The van der Waals surface area contributed by atoms with Crippen molar-refractivity contribution < 1.29 is 8.98 Å². The molecule has 0 N–H and O–H groups in total. The summed E-state index contributed by atoms with van der Waals surface area (Å²) in [7, 11) is 4.27. The average molecular weight is 453 g/mol. The molecule has 0 fully saturated rings. The maximum absolute atomic E-state index is 6.32. The quantitative estimate of drug-likeness (QED) is 0.311. The fourth-order valence-corrected chi connectivity index (χ4v) is 5.38. The first kappa shape index (κ1) is 22.5. The second-order valence-electron chi connectivity index (χ2n) is 10.3. The van der Waals surface area contributed by atoms with Gasteiger partial charge >= 0.3 is 6.85 Å². The fourth-order valence-electron chi connectivity index (χ4n) is 5.38. The molecule has 4 heterocycles. The lowest BCUT2D eigenvalue weighted by molar-refractivity contribution is -0.653. The number of fused-ring (bicyclic) bond motifs is 3. The van der Waals surface area contributed by atoms with Crippen molar-refractivity contribution in [1.82, 2.24) is 9.55 Å². The SMILES string of the molecule is CC1=Cc2c(oc3nc(C)ccc23)N(C)B1c1n(-c2c(C(C)C)cccc2C(C)C)cc[n+]1C. The smallest absolute Gasteiger partial charge is 0.423 e. The molecule has 3 aromatic heterocycles. The molecule has 0 unspecified atom stereocenters. The number of hydrogen-bond acceptors (Lipinski definition) is 3. The molecule has 34 heavy (non-hydrogen) atoms. The highest BCUT2D eigenvalue weighted by atomic mass is 16.4. The van der Waals surface area contributed by atoms with Gasteiger partial charge in [-0.05, 0) is 44.9 Å². The van der Waals surface area contributed by atoms with Crippen LogP contribution in [0.3, 0.4) is 0 Å². The van der Waals surface area contributed by atoms with Crippen LogP contribution in [-0.2, 0) is 7.05 Å². The average Bonchev–Trinajstić information content (AvgIpc) is 3.33. The van der Waals surface area contributed by atoms with Crippen LogP contribution in [0.15, 0.2) is 52.6 Å². The van der Waals surface area contributed by atoms with E-state index >= 15 is 0 Å². The van der Waals surface area contributed by atoms with Crippen molar-refractivity contribution >= 4 is 35.6 Å². The number of rotatable bonds is 4. The number of para-hydroxylation sites is 1. The van der Waals surface area contributed by atoms with Crippen molar-refractivity contribution in [3.63, 3.8) is 0 Å². The summed E-state index contributed by atoms with van der Waals surface area (Å²) in [6, 6.07) is 10.9. The lowest BCUT2D eigenvalue weighted by Gasteiger charge is -2.28. The van der Waals surface area contributed by atoms with E-state index in [4.69, 9.17) is 4.42 Å². The first-order chi connectivity index (χ1) is 16.2. The molecule has 0 amide bonds. The third kappa shape index (κ3) is 3.39. The Labute approximate surface area is 202 Å². The Morgan fingerprint density at radius 1 is 1.00 bits per heavy atom. The Bertz CT molecular complexity index is 1400. The van der Waals surface area contributed by atoms with Gasteiger partial charge in [0, 0.05) is 27.8 Å². The molecule has 1 aliphatic heterocycles. The van der Waals surface area contributed by atoms with Gasteiger partial charge in [-0.3, -0.25) is 0 Å². The molecule has 0 atom stereocenters. The monoisotopic (exact) mass is 453 g/mol. The number of nitrogens with zero attached hydrogens (tertiary/aromatic N) is 4. The van der Waals surface area contributed by atoms with E-state index in [1.807, 2.05) is 6.92 Å². The van der Waals surface area contributed by atoms with E-state index in [0.717, 1.165) is 22.5 Å². The molecule has 0 radical (unpaired) electrons. The Hall–Kier alpha value is -3.28. The van der Waals surface area contributed by atoms with Gasteiger partial charge in [0.2, 0.25) is 11.4 Å². The maximum Gasteiger partial charge on any atom is 0.426 e. The van der Waals surface area contributed by atoms with E-state index in [-0.39, 0.29) is 6.85 Å². The van der Waals surface area contributed by atoms with Crippen LogP contribution in [0.5, 0.6) is 0 Å². The highest BCUT2D eigenvalue weighted by Gasteiger charge is 2.43. The summed E-state index contributed by atoms with van der Waals surface area (Å²) >= 11 is 0. The summed E-state index contributed by atoms with van der Waals surface area (Å²) in [4.78, 5) is 6.90. The van der Waals surface area contributed by atoms with Crippen molar-refractivity contribution in [2.45, 2.75) is 53.4 Å². The van der Waals surface area contributed by atoms with Crippen molar-refractivity contribution in [3.05, 3.63) is 70.6 Å². The molecule has 5 nitrogen and oxygen atoms in total. The largest absolute Gasteiger partial charge is 0.426 e. The second-order valence-corrected chi connectivity index (χ2v) is 10.3. The summed E-state index contributed by atoms with van der Waals surface area (Å²) in [6.07, 6.45) is 6.65. The van der Waals surface area contributed by atoms with E-state index in [1.54, 1.807) is 0 Å². The van der Waals surface area contributed by atoms with Gasteiger partial charge < -0.3 is 9.23 Å². The van der Waals surface area contributed by atoms with E-state index in [1.165, 1.54) is 28.0 Å². The fraction of sp³-hybridized carbons (Fsp3) is 0.357. The number of pyridine rings is 1. The second kappa shape index (κ2) is 8.19. The number of aromatic nitrogens is 3. The third-order valence-electron chi connectivity index (χ3n) is 7.10. The molecule has 6 heteroatoms. The number of furan rings is 1. The lowest BCUT2D eigenvalue weighted by Crippen LogP contribution is -2.63. The number of aryl methyl sites for hydroxylation is 2. The minimum atomic E-state index is 0.0365. The molecule has 0 aliphatic carbocycles. The molecule has 0 saturated heterocycles. The van der Waals surface area contributed by atoms with E-state index in [2.05, 4.69) is 116 Å². The predicted octanol–water partition coefficient (Wildman–Crippen LogP) is 5.29. The zero-order valence-corrected chi connectivity index (χ0v) is 21.5. The molecular formula is C28H34BN4O+. The van der Waals surface area contributed by atoms with Gasteiger partial charge in [0.1, 0.15) is 18.1 Å².